The highest BCUT2D eigenvalue weighted by molar-refractivity contribution is 7.88. The Balaban J connectivity index is 2.73. The highest BCUT2D eigenvalue weighted by Gasteiger charge is 2.24. The second-order valence-electron chi connectivity index (χ2n) is 4.76. The first-order valence-electron chi connectivity index (χ1n) is 6.35. The van der Waals surface area contributed by atoms with Crippen molar-refractivity contribution in [3.8, 4) is 0 Å². The van der Waals surface area contributed by atoms with Gasteiger partial charge in [-0.05, 0) is 30.5 Å². The molecule has 7 heteroatoms. The summed E-state index contributed by atoms with van der Waals surface area (Å²) in [4.78, 5) is 0. The molecule has 0 aromatic heterocycles. The number of rotatable bonds is 7. The number of sulfonamides is 1. The molecule has 0 radical (unpaired) electrons. The minimum Gasteiger partial charge on any atom is -0.389 e. The molecule has 1 rings (SSSR count). The first kappa shape index (κ1) is 17.4. The van der Waals surface area contributed by atoms with Crippen LogP contribution in [0.5, 0.6) is 0 Å². The Morgan fingerprint density at radius 3 is 2.45 bits per heavy atom. The molecule has 4 nitrogen and oxygen atoms in total. The average molecular weight is 324 g/mol. The predicted octanol–water partition coefficient (Wildman–Crippen LogP) is 2.45. The molecular formula is C13H19ClFNO3S. The summed E-state index contributed by atoms with van der Waals surface area (Å²) in [5, 5.41) is 9.93. The van der Waals surface area contributed by atoms with Gasteiger partial charge in [-0.3, -0.25) is 0 Å². The zero-order valence-electron chi connectivity index (χ0n) is 11.5. The van der Waals surface area contributed by atoms with E-state index in [4.69, 9.17) is 11.6 Å². The van der Waals surface area contributed by atoms with Gasteiger partial charge < -0.3 is 5.11 Å². The van der Waals surface area contributed by atoms with Crippen LogP contribution >= 0.6 is 11.6 Å². The molecule has 0 saturated heterocycles. The summed E-state index contributed by atoms with van der Waals surface area (Å²) in [7, 11) is -3.61. The van der Waals surface area contributed by atoms with Gasteiger partial charge in [0.1, 0.15) is 5.82 Å². The third-order valence-corrected chi connectivity index (χ3v) is 4.87. The largest absolute Gasteiger partial charge is 0.389 e. The fourth-order valence-electron chi connectivity index (χ4n) is 1.64. The summed E-state index contributed by atoms with van der Waals surface area (Å²) >= 11 is 5.61. The molecule has 114 valence electrons. The van der Waals surface area contributed by atoms with Gasteiger partial charge in [-0.25, -0.2) is 17.5 Å². The van der Waals surface area contributed by atoms with E-state index < -0.39 is 21.4 Å². The lowest BCUT2D eigenvalue weighted by Gasteiger charge is -2.25. The van der Waals surface area contributed by atoms with E-state index in [9.17, 15) is 17.9 Å². The Morgan fingerprint density at radius 1 is 1.35 bits per heavy atom. The number of hydrogen-bond acceptors (Lipinski definition) is 3. The zero-order valence-corrected chi connectivity index (χ0v) is 13.1. The van der Waals surface area contributed by atoms with E-state index in [2.05, 4.69) is 4.72 Å². The summed E-state index contributed by atoms with van der Waals surface area (Å²) in [6.07, 6.45) is 0.906. The van der Waals surface area contributed by atoms with E-state index in [1.54, 1.807) is 13.8 Å². The van der Waals surface area contributed by atoms with Crippen molar-refractivity contribution >= 4 is 21.6 Å². The van der Waals surface area contributed by atoms with E-state index in [1.165, 1.54) is 12.1 Å². The van der Waals surface area contributed by atoms with Gasteiger partial charge in [-0.1, -0.05) is 31.5 Å². The Hall–Kier alpha value is -0.690. The molecule has 0 unspecified atom stereocenters. The van der Waals surface area contributed by atoms with Gasteiger partial charge in [-0.15, -0.1) is 0 Å². The van der Waals surface area contributed by atoms with Gasteiger partial charge in [0.2, 0.25) is 10.0 Å². The number of benzene rings is 1. The minimum absolute atomic E-state index is 0.0444. The lowest BCUT2D eigenvalue weighted by Crippen LogP contribution is -2.42. The van der Waals surface area contributed by atoms with Crippen LogP contribution < -0.4 is 4.72 Å². The van der Waals surface area contributed by atoms with Gasteiger partial charge in [0.15, 0.2) is 0 Å². The molecule has 0 fully saturated rings. The molecule has 0 aliphatic heterocycles. The first-order chi connectivity index (χ1) is 9.21. The molecule has 0 spiro atoms. The zero-order chi connectivity index (χ0) is 15.4. The highest BCUT2D eigenvalue weighted by atomic mass is 35.5. The molecule has 20 heavy (non-hydrogen) atoms. The van der Waals surface area contributed by atoms with Gasteiger partial charge in [0, 0.05) is 6.54 Å². The minimum atomic E-state index is -3.61. The summed E-state index contributed by atoms with van der Waals surface area (Å²) in [5.74, 6) is -0.900. The van der Waals surface area contributed by atoms with Crippen molar-refractivity contribution in [1.29, 1.82) is 0 Å². The average Bonchev–Trinajstić information content (AvgIpc) is 2.40. The summed E-state index contributed by atoms with van der Waals surface area (Å²) in [6.45, 7) is 3.53. The molecule has 2 N–H and O–H groups in total. The molecule has 1 aromatic rings. The van der Waals surface area contributed by atoms with E-state index in [0.717, 1.165) is 6.07 Å². The Labute approximate surface area is 124 Å². The molecule has 0 atom stereocenters. The molecule has 0 amide bonds. The highest BCUT2D eigenvalue weighted by Crippen LogP contribution is 2.18. The Bertz CT molecular complexity index is 559. The van der Waals surface area contributed by atoms with Crippen LogP contribution in [0.15, 0.2) is 18.2 Å². The normalized spacial score (nSPS) is 12.7. The summed E-state index contributed by atoms with van der Waals surface area (Å²) < 4.78 is 39.2. The van der Waals surface area contributed by atoms with Crippen LogP contribution in [-0.4, -0.2) is 25.7 Å². The maximum Gasteiger partial charge on any atom is 0.215 e. The van der Waals surface area contributed by atoms with Crippen molar-refractivity contribution in [2.75, 3.05) is 6.54 Å². The molecule has 0 bridgehead atoms. The topological polar surface area (TPSA) is 66.4 Å². The van der Waals surface area contributed by atoms with Crippen molar-refractivity contribution in [2.24, 2.45) is 0 Å². The van der Waals surface area contributed by atoms with Gasteiger partial charge in [0.05, 0.1) is 16.4 Å². The van der Waals surface area contributed by atoms with Crippen LogP contribution in [0.4, 0.5) is 4.39 Å². The van der Waals surface area contributed by atoms with Crippen LogP contribution in [-0.2, 0) is 15.8 Å². The quantitative estimate of drug-likeness (QED) is 0.810. The fourth-order valence-corrected chi connectivity index (χ4v) is 3.06. The third-order valence-electron chi connectivity index (χ3n) is 3.28. The van der Waals surface area contributed by atoms with Gasteiger partial charge >= 0.3 is 0 Å². The van der Waals surface area contributed by atoms with E-state index in [1.807, 2.05) is 0 Å². The van der Waals surface area contributed by atoms with Gasteiger partial charge in [-0.2, -0.15) is 0 Å². The molecular weight excluding hydrogens is 305 g/mol. The summed E-state index contributed by atoms with van der Waals surface area (Å²) in [6, 6.07) is 3.77. The molecule has 1 aromatic carbocycles. The lowest BCUT2D eigenvalue weighted by molar-refractivity contribution is 0.0377. The first-order valence-corrected chi connectivity index (χ1v) is 8.38. The fraction of sp³-hybridized carbons (Fsp3) is 0.538. The SMILES string of the molecule is CCC(O)(CC)CNS(=O)(=O)Cc1ccc(F)c(Cl)c1. The van der Waals surface area contributed by atoms with Crippen LogP contribution in [0.1, 0.15) is 32.3 Å². The Morgan fingerprint density at radius 2 is 1.95 bits per heavy atom. The predicted molar refractivity (Wildman–Crippen MR) is 77.6 cm³/mol. The van der Waals surface area contributed by atoms with Crippen molar-refractivity contribution in [3.05, 3.63) is 34.6 Å². The monoisotopic (exact) mass is 323 g/mol. The number of aliphatic hydroxyl groups is 1. The molecule has 0 aliphatic carbocycles. The number of hydrogen-bond donors (Lipinski definition) is 2. The van der Waals surface area contributed by atoms with Crippen molar-refractivity contribution < 1.29 is 17.9 Å². The second-order valence-corrected chi connectivity index (χ2v) is 6.97. The third kappa shape index (κ3) is 5.01. The molecule has 0 saturated carbocycles. The maximum absolute atomic E-state index is 13.0. The lowest BCUT2D eigenvalue weighted by atomic mass is 9.98. The molecule has 0 aliphatic rings. The Kier molecular flexibility index (Phi) is 5.94. The van der Waals surface area contributed by atoms with Crippen LogP contribution in [0, 0.1) is 5.82 Å². The standard InChI is InChI=1S/C13H19ClFNO3S/c1-3-13(17,4-2)9-16-20(18,19)8-10-5-6-12(15)11(14)7-10/h5-7,16-17H,3-4,8-9H2,1-2H3. The second kappa shape index (κ2) is 6.85. The number of nitrogens with one attached hydrogen (secondary N) is 1. The van der Waals surface area contributed by atoms with Crippen molar-refractivity contribution in [1.82, 2.24) is 4.72 Å². The number of halogens is 2. The summed E-state index contributed by atoms with van der Waals surface area (Å²) in [5.41, 5.74) is -0.659. The molecule has 0 heterocycles. The van der Waals surface area contributed by atoms with E-state index in [-0.39, 0.29) is 17.3 Å². The van der Waals surface area contributed by atoms with Crippen molar-refractivity contribution in [2.45, 2.75) is 38.0 Å². The van der Waals surface area contributed by atoms with Crippen LogP contribution in [0.2, 0.25) is 5.02 Å². The smallest absolute Gasteiger partial charge is 0.215 e. The van der Waals surface area contributed by atoms with Crippen molar-refractivity contribution in [3.63, 3.8) is 0 Å². The van der Waals surface area contributed by atoms with Crippen LogP contribution in [0.25, 0.3) is 0 Å². The van der Waals surface area contributed by atoms with E-state index >= 15 is 0 Å². The maximum atomic E-state index is 13.0. The van der Waals surface area contributed by atoms with Crippen LogP contribution in [0.3, 0.4) is 0 Å². The van der Waals surface area contributed by atoms with Gasteiger partial charge in [0.25, 0.3) is 0 Å². The van der Waals surface area contributed by atoms with E-state index in [0.29, 0.717) is 18.4 Å².